The maximum absolute atomic E-state index is 12.5. The topological polar surface area (TPSA) is 95.5 Å². The van der Waals surface area contributed by atoms with Crippen LogP contribution in [-0.4, -0.2) is 45.5 Å². The molecule has 0 aliphatic carbocycles. The van der Waals surface area contributed by atoms with Crippen LogP contribution >= 0.6 is 11.3 Å². The van der Waals surface area contributed by atoms with Gasteiger partial charge in [-0.05, 0) is 44.9 Å². The Labute approximate surface area is 171 Å². The van der Waals surface area contributed by atoms with Gasteiger partial charge >= 0.3 is 0 Å². The molecule has 9 heteroatoms. The van der Waals surface area contributed by atoms with E-state index in [9.17, 15) is 8.42 Å². The van der Waals surface area contributed by atoms with Gasteiger partial charge < -0.3 is 10.6 Å². The van der Waals surface area contributed by atoms with E-state index in [2.05, 4.69) is 25.3 Å². The Balaban J connectivity index is 1.86. The molecule has 1 heterocycles. The Morgan fingerprint density at radius 2 is 1.96 bits per heavy atom. The first kappa shape index (κ1) is 22.3. The van der Waals surface area contributed by atoms with E-state index in [1.54, 1.807) is 24.3 Å². The fraction of sp³-hybridized carbons (Fsp3) is 0.474. The highest BCUT2D eigenvalue weighted by atomic mass is 32.2. The van der Waals surface area contributed by atoms with E-state index in [-0.39, 0.29) is 6.54 Å². The van der Waals surface area contributed by atoms with E-state index in [0.717, 1.165) is 29.1 Å². The first-order valence-corrected chi connectivity index (χ1v) is 11.6. The number of guanidine groups is 1. The minimum absolute atomic E-state index is 0.234. The van der Waals surface area contributed by atoms with Gasteiger partial charge in [0.25, 0.3) is 0 Å². The van der Waals surface area contributed by atoms with Crippen molar-refractivity contribution in [2.24, 2.45) is 4.99 Å². The first-order valence-electron chi connectivity index (χ1n) is 9.32. The number of nitrogens with zero attached hydrogens (tertiary/aromatic N) is 2. The lowest BCUT2D eigenvalue weighted by atomic mass is 10.2. The van der Waals surface area contributed by atoms with Gasteiger partial charge in [0.05, 0.1) is 16.4 Å². The number of rotatable bonds is 9. The second kappa shape index (κ2) is 10.5. The number of nitrogens with one attached hydrogen (secondary N) is 3. The highest BCUT2D eigenvalue weighted by Gasteiger charge is 2.16. The predicted molar refractivity (Wildman–Crippen MR) is 116 cm³/mol. The quantitative estimate of drug-likeness (QED) is 0.326. The molecular weight excluding hydrogens is 394 g/mol. The molecule has 0 spiro atoms. The lowest BCUT2D eigenvalue weighted by Gasteiger charge is -2.12. The molecule has 2 rings (SSSR count). The highest BCUT2D eigenvalue weighted by Crippen LogP contribution is 2.16. The Morgan fingerprint density at radius 3 is 2.64 bits per heavy atom. The van der Waals surface area contributed by atoms with Crippen LogP contribution in [0.4, 0.5) is 0 Å². The minimum atomic E-state index is -3.54. The zero-order valence-corrected chi connectivity index (χ0v) is 18.5. The van der Waals surface area contributed by atoms with E-state index in [4.69, 9.17) is 0 Å². The summed E-state index contributed by atoms with van der Waals surface area (Å²) >= 11 is 1.69. The number of aryl methyl sites for hydroxylation is 3. The molecule has 0 saturated heterocycles. The standard InChI is InChI=1S/C19H29N5O2S2/c1-5-20-19(21-9-8-18-23-13-16(4)27-18)22-10-11-24-28(25,26)17-12-14(2)6-7-15(17)3/h6-7,12-13,24H,5,8-11H2,1-4H3,(H2,20,21,22). The van der Waals surface area contributed by atoms with Crippen molar-refractivity contribution in [1.82, 2.24) is 20.3 Å². The van der Waals surface area contributed by atoms with Crippen LogP contribution in [0.5, 0.6) is 0 Å². The number of sulfonamides is 1. The number of hydrogen-bond donors (Lipinski definition) is 3. The summed E-state index contributed by atoms with van der Waals surface area (Å²) in [6.45, 7) is 9.73. The molecule has 154 valence electrons. The molecule has 3 N–H and O–H groups in total. The van der Waals surface area contributed by atoms with Crippen LogP contribution < -0.4 is 15.4 Å². The molecule has 0 radical (unpaired) electrons. The van der Waals surface area contributed by atoms with E-state index in [1.807, 2.05) is 39.1 Å². The SMILES string of the molecule is CCNC(=NCCNS(=O)(=O)c1cc(C)ccc1C)NCCc1ncc(C)s1. The molecule has 28 heavy (non-hydrogen) atoms. The molecular formula is C19H29N5O2S2. The zero-order valence-electron chi connectivity index (χ0n) is 16.9. The number of aliphatic imine (C=N–C) groups is 1. The smallest absolute Gasteiger partial charge is 0.240 e. The van der Waals surface area contributed by atoms with E-state index < -0.39 is 10.0 Å². The number of benzene rings is 1. The summed E-state index contributed by atoms with van der Waals surface area (Å²) in [6, 6.07) is 5.41. The van der Waals surface area contributed by atoms with Crippen LogP contribution in [0, 0.1) is 20.8 Å². The lowest BCUT2D eigenvalue weighted by molar-refractivity contribution is 0.581. The molecule has 0 aliphatic rings. The van der Waals surface area contributed by atoms with Gasteiger partial charge in [-0.2, -0.15) is 0 Å². The Morgan fingerprint density at radius 1 is 1.18 bits per heavy atom. The van der Waals surface area contributed by atoms with Crippen molar-refractivity contribution in [3.05, 3.63) is 45.4 Å². The van der Waals surface area contributed by atoms with Gasteiger partial charge in [0.2, 0.25) is 10.0 Å². The molecule has 0 fully saturated rings. The van der Waals surface area contributed by atoms with Gasteiger partial charge in [-0.15, -0.1) is 11.3 Å². The van der Waals surface area contributed by atoms with Gasteiger partial charge in [0.1, 0.15) is 0 Å². The summed E-state index contributed by atoms with van der Waals surface area (Å²) < 4.78 is 27.6. The molecule has 0 saturated carbocycles. The summed E-state index contributed by atoms with van der Waals surface area (Å²) in [4.78, 5) is 10.3. The van der Waals surface area contributed by atoms with Crippen LogP contribution in [0.15, 0.2) is 34.3 Å². The van der Waals surface area contributed by atoms with Gasteiger partial charge in [0, 0.05) is 37.1 Å². The maximum atomic E-state index is 12.5. The van der Waals surface area contributed by atoms with Crippen LogP contribution in [0.2, 0.25) is 0 Å². The van der Waals surface area contributed by atoms with Crippen molar-refractivity contribution in [2.75, 3.05) is 26.2 Å². The van der Waals surface area contributed by atoms with Crippen molar-refractivity contribution in [1.29, 1.82) is 0 Å². The van der Waals surface area contributed by atoms with Crippen LogP contribution in [-0.2, 0) is 16.4 Å². The van der Waals surface area contributed by atoms with Crippen LogP contribution in [0.25, 0.3) is 0 Å². The molecule has 0 atom stereocenters. The van der Waals surface area contributed by atoms with Crippen molar-refractivity contribution in [3.63, 3.8) is 0 Å². The van der Waals surface area contributed by atoms with Gasteiger partial charge in [-0.25, -0.2) is 18.1 Å². The first-order chi connectivity index (χ1) is 13.3. The monoisotopic (exact) mass is 423 g/mol. The minimum Gasteiger partial charge on any atom is -0.357 e. The average molecular weight is 424 g/mol. The highest BCUT2D eigenvalue weighted by molar-refractivity contribution is 7.89. The largest absolute Gasteiger partial charge is 0.357 e. The van der Waals surface area contributed by atoms with Gasteiger partial charge in [-0.1, -0.05) is 12.1 Å². The molecule has 0 aliphatic heterocycles. The summed E-state index contributed by atoms with van der Waals surface area (Å²) in [5, 5.41) is 7.50. The molecule has 7 nitrogen and oxygen atoms in total. The molecule has 1 aromatic carbocycles. The number of aromatic nitrogens is 1. The Bertz CT molecular complexity index is 907. The van der Waals surface area contributed by atoms with Crippen molar-refractivity contribution in [2.45, 2.75) is 39.0 Å². The average Bonchev–Trinajstić information content (AvgIpc) is 3.05. The maximum Gasteiger partial charge on any atom is 0.240 e. The summed E-state index contributed by atoms with van der Waals surface area (Å²) in [5.41, 5.74) is 1.65. The molecule has 2 aromatic rings. The molecule has 0 unspecified atom stereocenters. The second-order valence-corrected chi connectivity index (χ2v) is 9.52. The fourth-order valence-electron chi connectivity index (χ4n) is 2.57. The van der Waals surface area contributed by atoms with Crippen LogP contribution in [0.1, 0.15) is 27.9 Å². The van der Waals surface area contributed by atoms with E-state index >= 15 is 0 Å². The normalized spacial score (nSPS) is 12.2. The third kappa shape index (κ3) is 6.88. The van der Waals surface area contributed by atoms with Crippen molar-refractivity contribution < 1.29 is 8.42 Å². The third-order valence-corrected chi connectivity index (χ3v) is 6.53. The van der Waals surface area contributed by atoms with Crippen molar-refractivity contribution >= 4 is 27.3 Å². The molecule has 1 aromatic heterocycles. The Kier molecular flexibility index (Phi) is 8.40. The number of hydrogen-bond acceptors (Lipinski definition) is 5. The van der Waals surface area contributed by atoms with Gasteiger partial charge in [0.15, 0.2) is 5.96 Å². The van der Waals surface area contributed by atoms with E-state index in [0.29, 0.717) is 23.9 Å². The van der Waals surface area contributed by atoms with E-state index in [1.165, 1.54) is 4.88 Å². The van der Waals surface area contributed by atoms with Gasteiger partial charge in [-0.3, -0.25) is 4.99 Å². The Hall–Kier alpha value is -1.97. The summed E-state index contributed by atoms with van der Waals surface area (Å²) in [6.07, 6.45) is 2.70. The molecule has 0 bridgehead atoms. The lowest BCUT2D eigenvalue weighted by Crippen LogP contribution is -2.39. The fourth-order valence-corrected chi connectivity index (χ4v) is 4.70. The summed E-state index contributed by atoms with van der Waals surface area (Å²) in [5.74, 6) is 0.668. The second-order valence-electron chi connectivity index (χ2n) is 6.47. The molecule has 0 amide bonds. The van der Waals surface area contributed by atoms with Crippen molar-refractivity contribution in [3.8, 4) is 0 Å². The third-order valence-electron chi connectivity index (χ3n) is 3.95. The number of thiazole rings is 1. The van der Waals surface area contributed by atoms with Crippen LogP contribution in [0.3, 0.4) is 0 Å². The zero-order chi connectivity index (χ0) is 20.6. The predicted octanol–water partition coefficient (Wildman–Crippen LogP) is 2.14. The summed E-state index contributed by atoms with van der Waals surface area (Å²) in [7, 11) is -3.54.